The highest BCUT2D eigenvalue weighted by atomic mass is 32.2. The van der Waals surface area contributed by atoms with Gasteiger partial charge in [0, 0.05) is 31.9 Å². The molecule has 0 unspecified atom stereocenters. The lowest BCUT2D eigenvalue weighted by molar-refractivity contribution is 0.388. The number of aromatic nitrogens is 2. The summed E-state index contributed by atoms with van der Waals surface area (Å²) in [6.45, 7) is 7.66. The molecule has 4 nitrogen and oxygen atoms in total. The van der Waals surface area contributed by atoms with Gasteiger partial charge in [-0.2, -0.15) is 0 Å². The molecule has 1 heterocycles. The van der Waals surface area contributed by atoms with E-state index in [-0.39, 0.29) is 5.54 Å². The van der Waals surface area contributed by atoms with Crippen molar-refractivity contribution in [3.63, 3.8) is 0 Å². The number of anilines is 1. The van der Waals surface area contributed by atoms with Crippen molar-refractivity contribution < 1.29 is 0 Å². The molecule has 1 aromatic heterocycles. The molecule has 0 amide bonds. The first-order valence-corrected chi connectivity index (χ1v) is 7.63. The van der Waals surface area contributed by atoms with E-state index in [4.69, 9.17) is 0 Å². The van der Waals surface area contributed by atoms with Gasteiger partial charge in [0.15, 0.2) is 4.34 Å². The van der Waals surface area contributed by atoms with Crippen molar-refractivity contribution in [2.45, 2.75) is 37.1 Å². The molecular formula is C11H22N4S2. The quantitative estimate of drug-likeness (QED) is 0.611. The van der Waals surface area contributed by atoms with E-state index in [9.17, 15) is 0 Å². The Morgan fingerprint density at radius 3 is 2.59 bits per heavy atom. The van der Waals surface area contributed by atoms with Gasteiger partial charge in [-0.05, 0) is 20.3 Å². The summed E-state index contributed by atoms with van der Waals surface area (Å²) in [4.78, 5) is 1.99. The Balaban J connectivity index is 2.26. The third kappa shape index (κ3) is 5.23. The molecule has 0 spiro atoms. The highest BCUT2D eigenvalue weighted by Gasteiger charge is 2.13. The van der Waals surface area contributed by atoms with E-state index >= 15 is 0 Å². The third-order valence-electron chi connectivity index (χ3n) is 2.59. The number of nitrogens with zero attached hydrogens (tertiary/aromatic N) is 3. The molecule has 0 saturated heterocycles. The summed E-state index contributed by atoms with van der Waals surface area (Å²) >= 11 is 3.41. The average molecular weight is 274 g/mol. The predicted molar refractivity (Wildman–Crippen MR) is 77.3 cm³/mol. The van der Waals surface area contributed by atoms with Crippen molar-refractivity contribution in [3.05, 3.63) is 0 Å². The van der Waals surface area contributed by atoms with Crippen molar-refractivity contribution in [1.29, 1.82) is 0 Å². The SMILES string of the molecule is CCC(C)(C)NCCSc1nnc(N(C)C)s1. The largest absolute Gasteiger partial charge is 0.353 e. The van der Waals surface area contributed by atoms with E-state index in [0.29, 0.717) is 0 Å². The van der Waals surface area contributed by atoms with Crippen LogP contribution in [0.25, 0.3) is 0 Å². The van der Waals surface area contributed by atoms with Crippen molar-refractivity contribution in [2.75, 3.05) is 31.3 Å². The third-order valence-corrected chi connectivity index (χ3v) is 4.82. The van der Waals surface area contributed by atoms with Crippen molar-refractivity contribution in [2.24, 2.45) is 0 Å². The minimum absolute atomic E-state index is 0.233. The van der Waals surface area contributed by atoms with E-state index in [1.165, 1.54) is 0 Å². The minimum atomic E-state index is 0.233. The van der Waals surface area contributed by atoms with Crippen LogP contribution in [-0.4, -0.2) is 42.1 Å². The zero-order valence-electron chi connectivity index (χ0n) is 11.3. The van der Waals surface area contributed by atoms with Gasteiger partial charge in [-0.15, -0.1) is 10.2 Å². The van der Waals surface area contributed by atoms with Crippen LogP contribution >= 0.6 is 23.1 Å². The van der Waals surface area contributed by atoms with Crippen LogP contribution in [0, 0.1) is 0 Å². The van der Waals surface area contributed by atoms with Gasteiger partial charge in [-0.3, -0.25) is 0 Å². The fourth-order valence-electron chi connectivity index (χ4n) is 1.09. The molecule has 0 aliphatic rings. The van der Waals surface area contributed by atoms with Gasteiger partial charge in [0.2, 0.25) is 5.13 Å². The van der Waals surface area contributed by atoms with Gasteiger partial charge < -0.3 is 10.2 Å². The van der Waals surface area contributed by atoms with Gasteiger partial charge in [0.1, 0.15) is 0 Å². The van der Waals surface area contributed by atoms with E-state index in [2.05, 4.69) is 36.3 Å². The minimum Gasteiger partial charge on any atom is -0.353 e. The van der Waals surface area contributed by atoms with E-state index in [1.54, 1.807) is 23.1 Å². The van der Waals surface area contributed by atoms with Gasteiger partial charge >= 0.3 is 0 Å². The van der Waals surface area contributed by atoms with Crippen LogP contribution < -0.4 is 10.2 Å². The highest BCUT2D eigenvalue weighted by Crippen LogP contribution is 2.26. The first kappa shape index (κ1) is 14.7. The second-order valence-electron chi connectivity index (χ2n) is 4.76. The van der Waals surface area contributed by atoms with Crippen LogP contribution in [0.4, 0.5) is 5.13 Å². The molecule has 0 atom stereocenters. The van der Waals surface area contributed by atoms with Gasteiger partial charge in [0.05, 0.1) is 0 Å². The van der Waals surface area contributed by atoms with E-state index in [1.807, 2.05) is 19.0 Å². The first-order valence-electron chi connectivity index (χ1n) is 5.83. The Hall–Kier alpha value is -0.330. The molecule has 1 rings (SSSR count). The molecule has 0 saturated carbocycles. The Labute approximate surface area is 112 Å². The van der Waals surface area contributed by atoms with E-state index < -0.39 is 0 Å². The predicted octanol–water partition coefficient (Wildman–Crippen LogP) is 2.47. The summed E-state index contributed by atoms with van der Waals surface area (Å²) in [7, 11) is 3.97. The average Bonchev–Trinajstić information content (AvgIpc) is 2.73. The number of hydrogen-bond donors (Lipinski definition) is 1. The fourth-order valence-corrected chi connectivity index (χ4v) is 2.78. The second-order valence-corrected chi connectivity index (χ2v) is 7.06. The molecule has 0 aliphatic heterocycles. The molecule has 0 aromatic carbocycles. The summed E-state index contributed by atoms with van der Waals surface area (Å²) in [5.74, 6) is 1.03. The smallest absolute Gasteiger partial charge is 0.208 e. The molecule has 0 bridgehead atoms. The zero-order valence-corrected chi connectivity index (χ0v) is 12.9. The number of hydrogen-bond acceptors (Lipinski definition) is 6. The molecule has 1 aromatic rings. The zero-order chi connectivity index (χ0) is 12.9. The van der Waals surface area contributed by atoms with Crippen molar-refractivity contribution >= 4 is 28.2 Å². The summed E-state index contributed by atoms with van der Waals surface area (Å²) < 4.78 is 1.05. The molecule has 0 aliphatic carbocycles. The van der Waals surface area contributed by atoms with Crippen LogP contribution in [-0.2, 0) is 0 Å². The Morgan fingerprint density at radius 1 is 1.35 bits per heavy atom. The summed E-state index contributed by atoms with van der Waals surface area (Å²) in [5, 5.41) is 12.8. The summed E-state index contributed by atoms with van der Waals surface area (Å²) in [5.41, 5.74) is 0.233. The lowest BCUT2D eigenvalue weighted by atomic mass is 10.0. The maximum Gasteiger partial charge on any atom is 0.208 e. The van der Waals surface area contributed by atoms with Crippen LogP contribution in [0.1, 0.15) is 27.2 Å². The van der Waals surface area contributed by atoms with Gasteiger partial charge in [-0.1, -0.05) is 30.0 Å². The number of rotatable bonds is 7. The second kappa shape index (κ2) is 6.56. The molecule has 6 heteroatoms. The lowest BCUT2D eigenvalue weighted by Crippen LogP contribution is -2.39. The Kier molecular flexibility index (Phi) is 5.69. The maximum atomic E-state index is 4.15. The van der Waals surface area contributed by atoms with Crippen LogP contribution in [0.5, 0.6) is 0 Å². The van der Waals surface area contributed by atoms with Gasteiger partial charge in [-0.25, -0.2) is 0 Å². The van der Waals surface area contributed by atoms with Crippen LogP contribution in [0.15, 0.2) is 4.34 Å². The molecule has 0 fully saturated rings. The summed E-state index contributed by atoms with van der Waals surface area (Å²) in [6.07, 6.45) is 1.14. The topological polar surface area (TPSA) is 41.1 Å². The number of thioether (sulfide) groups is 1. The summed E-state index contributed by atoms with van der Waals surface area (Å²) in [6, 6.07) is 0. The Morgan fingerprint density at radius 2 is 2.06 bits per heavy atom. The van der Waals surface area contributed by atoms with Crippen LogP contribution in [0.2, 0.25) is 0 Å². The van der Waals surface area contributed by atoms with Crippen LogP contribution in [0.3, 0.4) is 0 Å². The van der Waals surface area contributed by atoms with Crippen molar-refractivity contribution in [3.8, 4) is 0 Å². The fraction of sp³-hybridized carbons (Fsp3) is 0.818. The lowest BCUT2D eigenvalue weighted by Gasteiger charge is -2.24. The molecule has 98 valence electrons. The number of nitrogens with one attached hydrogen (secondary N) is 1. The van der Waals surface area contributed by atoms with E-state index in [0.717, 1.165) is 28.2 Å². The molecule has 1 N–H and O–H groups in total. The van der Waals surface area contributed by atoms with Crippen molar-refractivity contribution in [1.82, 2.24) is 15.5 Å². The van der Waals surface area contributed by atoms with Gasteiger partial charge in [0.25, 0.3) is 0 Å². The normalized spacial score (nSPS) is 11.8. The maximum absolute atomic E-state index is 4.15. The first-order chi connectivity index (χ1) is 7.94. The molecular weight excluding hydrogens is 252 g/mol. The standard InChI is InChI=1S/C11H22N4S2/c1-6-11(2,3)12-7-8-16-10-14-13-9(17-10)15(4)5/h12H,6-8H2,1-5H3. The monoisotopic (exact) mass is 274 g/mol. The Bertz CT molecular complexity index is 336. The highest BCUT2D eigenvalue weighted by molar-refractivity contribution is 8.01. The molecule has 17 heavy (non-hydrogen) atoms. The molecule has 0 radical (unpaired) electrons.